The van der Waals surface area contributed by atoms with E-state index in [0.29, 0.717) is 29.1 Å². The normalized spacial score (nSPS) is 15.0. The number of nitrogens with one attached hydrogen (secondary N) is 3. The summed E-state index contributed by atoms with van der Waals surface area (Å²) in [4.78, 5) is 31.1. The number of amides is 1. The van der Waals surface area contributed by atoms with Crippen molar-refractivity contribution in [3.8, 4) is 0 Å². The largest absolute Gasteiger partial charge is 0.465 e. The Labute approximate surface area is 249 Å². The molecule has 0 aliphatic heterocycles. The summed E-state index contributed by atoms with van der Waals surface area (Å²) in [5.74, 6) is -1.25. The minimum absolute atomic E-state index is 0.0585. The molecular formula is C29H31F4N9O2. The first kappa shape index (κ1) is 30.6. The predicted molar refractivity (Wildman–Crippen MR) is 155 cm³/mol. The van der Waals surface area contributed by atoms with Crippen LogP contribution in [0.4, 0.5) is 34.1 Å². The van der Waals surface area contributed by atoms with Crippen LogP contribution in [0, 0.1) is 17.1 Å². The summed E-state index contributed by atoms with van der Waals surface area (Å²) in [6.07, 6.45) is -1.56. The second kappa shape index (κ2) is 12.1. The highest BCUT2D eigenvalue weighted by Gasteiger charge is 2.34. The number of hydrogen-bond acceptors (Lipinski definition) is 8. The number of anilines is 2. The molecule has 232 valence electrons. The van der Waals surface area contributed by atoms with Gasteiger partial charge in [0.2, 0.25) is 5.95 Å². The number of halogens is 4. The van der Waals surface area contributed by atoms with Gasteiger partial charge < -0.3 is 19.9 Å². The van der Waals surface area contributed by atoms with Crippen molar-refractivity contribution >= 4 is 34.9 Å². The molecule has 0 radical (unpaired) electrons. The maximum absolute atomic E-state index is 14.6. The van der Waals surface area contributed by atoms with Gasteiger partial charge in [-0.1, -0.05) is 18.6 Å². The van der Waals surface area contributed by atoms with E-state index in [1.807, 2.05) is 31.3 Å². The molecule has 15 heteroatoms. The van der Waals surface area contributed by atoms with Gasteiger partial charge in [0.1, 0.15) is 11.3 Å². The fraction of sp³-hybridized carbons (Fsp3) is 0.379. The molecule has 3 heterocycles. The summed E-state index contributed by atoms with van der Waals surface area (Å²) in [7, 11) is 1.76. The van der Waals surface area contributed by atoms with Gasteiger partial charge in [-0.3, -0.25) is 15.7 Å². The number of rotatable bonds is 9. The van der Waals surface area contributed by atoms with Gasteiger partial charge in [0.25, 0.3) is 0 Å². The molecule has 1 saturated carbocycles. The Morgan fingerprint density at radius 2 is 1.93 bits per heavy atom. The van der Waals surface area contributed by atoms with Crippen LogP contribution in [0.2, 0.25) is 0 Å². The van der Waals surface area contributed by atoms with Crippen LogP contribution in [-0.2, 0) is 12.7 Å². The maximum atomic E-state index is 14.6. The molecule has 3 aromatic heterocycles. The average Bonchev–Trinajstić information content (AvgIpc) is 3.29. The molecule has 2 atom stereocenters. The van der Waals surface area contributed by atoms with Crippen molar-refractivity contribution in [3.05, 3.63) is 71.1 Å². The minimum Gasteiger partial charge on any atom is -0.465 e. The summed E-state index contributed by atoms with van der Waals surface area (Å²) in [5.41, 5.74) is 0.0470. The molecule has 1 aromatic carbocycles. The second-order valence-electron chi connectivity index (χ2n) is 10.8. The van der Waals surface area contributed by atoms with Crippen molar-refractivity contribution in [1.29, 1.82) is 5.41 Å². The molecule has 1 aliphatic rings. The third-order valence-corrected chi connectivity index (χ3v) is 7.95. The molecule has 1 amide bonds. The highest BCUT2D eigenvalue weighted by atomic mass is 19.4. The van der Waals surface area contributed by atoms with E-state index in [2.05, 4.69) is 20.3 Å². The number of carbonyl (C=O) groups is 1. The molecule has 5 rings (SSSR count). The number of hydrogen-bond donors (Lipinski definition) is 4. The van der Waals surface area contributed by atoms with Crippen molar-refractivity contribution in [3.63, 3.8) is 0 Å². The monoisotopic (exact) mass is 613 g/mol. The summed E-state index contributed by atoms with van der Waals surface area (Å²) in [5, 5.41) is 22.7. The number of pyridine rings is 1. The van der Waals surface area contributed by atoms with Crippen molar-refractivity contribution in [2.24, 2.45) is 5.92 Å². The molecule has 1 aliphatic carbocycles. The zero-order chi connectivity index (χ0) is 31.8. The molecule has 1 fully saturated rings. The van der Waals surface area contributed by atoms with E-state index >= 15 is 0 Å². The molecule has 11 nitrogen and oxygen atoms in total. The highest BCUT2D eigenvalue weighted by Crippen LogP contribution is 2.36. The standard InChI is InChI=1S/C29H31F4N9O2/c1-15(18-7-6-8-18)36-24-22-25(39-26(38-24)23(34)37-28(43)44)40-27(41(3)16(2)21-9-4-5-12-35-21)42(22)14-17-10-11-19(20(30)13-17)29(31,32)33/h4-5,9-13,15-16,18H,6-8,14H2,1-3H3,(H2,34,37)(H,43,44)(H,36,38,39)/t15-,16?/m1/s1. The number of benzene rings is 1. The maximum Gasteiger partial charge on any atom is 0.419 e. The lowest BCUT2D eigenvalue weighted by atomic mass is 9.80. The Balaban J connectivity index is 1.68. The summed E-state index contributed by atoms with van der Waals surface area (Å²) < 4.78 is 56.2. The van der Waals surface area contributed by atoms with Gasteiger partial charge in [0.05, 0.1) is 23.8 Å². The third kappa shape index (κ3) is 6.26. The predicted octanol–water partition coefficient (Wildman–Crippen LogP) is 5.82. The van der Waals surface area contributed by atoms with Gasteiger partial charge >= 0.3 is 12.3 Å². The minimum atomic E-state index is -4.85. The Kier molecular flexibility index (Phi) is 8.39. The fourth-order valence-electron chi connectivity index (χ4n) is 5.16. The molecular weight excluding hydrogens is 582 g/mol. The first-order valence-corrected chi connectivity index (χ1v) is 14.0. The van der Waals surface area contributed by atoms with E-state index in [-0.39, 0.29) is 41.5 Å². The highest BCUT2D eigenvalue weighted by molar-refractivity contribution is 6.03. The van der Waals surface area contributed by atoms with E-state index in [0.717, 1.165) is 25.3 Å². The zero-order valence-corrected chi connectivity index (χ0v) is 24.2. The number of fused-ring (bicyclic) bond motifs is 1. The first-order valence-electron chi connectivity index (χ1n) is 14.0. The van der Waals surface area contributed by atoms with Crippen molar-refractivity contribution in [2.75, 3.05) is 17.3 Å². The topological polar surface area (TPSA) is 145 Å². The molecule has 4 aromatic rings. The van der Waals surface area contributed by atoms with E-state index < -0.39 is 29.5 Å². The molecule has 0 bridgehead atoms. The van der Waals surface area contributed by atoms with Gasteiger partial charge in [-0.15, -0.1) is 0 Å². The van der Waals surface area contributed by atoms with E-state index in [1.54, 1.807) is 28.8 Å². The molecule has 1 unspecified atom stereocenters. The molecule has 44 heavy (non-hydrogen) atoms. The molecule has 4 N–H and O–H groups in total. The molecule has 0 saturated heterocycles. The van der Waals surface area contributed by atoms with Crippen molar-refractivity contribution in [1.82, 2.24) is 29.8 Å². The summed E-state index contributed by atoms with van der Waals surface area (Å²) in [6, 6.07) is 7.81. The zero-order valence-electron chi connectivity index (χ0n) is 24.2. The quantitative estimate of drug-likeness (QED) is 0.105. The number of carboxylic acid groups (broad SMARTS) is 1. The summed E-state index contributed by atoms with van der Waals surface area (Å²) in [6.45, 7) is 3.78. The van der Waals surface area contributed by atoms with Crippen LogP contribution in [0.15, 0.2) is 42.6 Å². The Morgan fingerprint density at radius 3 is 2.52 bits per heavy atom. The van der Waals surface area contributed by atoms with Crippen molar-refractivity contribution in [2.45, 2.75) is 57.9 Å². The van der Waals surface area contributed by atoms with Crippen molar-refractivity contribution < 1.29 is 27.5 Å². The van der Waals surface area contributed by atoms with Crippen LogP contribution < -0.4 is 15.5 Å². The number of alkyl halides is 3. The van der Waals surface area contributed by atoms with Gasteiger partial charge in [-0.25, -0.2) is 19.2 Å². The van der Waals surface area contributed by atoms with Crippen LogP contribution >= 0.6 is 0 Å². The van der Waals surface area contributed by atoms with Crippen LogP contribution in [0.1, 0.15) is 61.8 Å². The Morgan fingerprint density at radius 1 is 1.18 bits per heavy atom. The lowest BCUT2D eigenvalue weighted by molar-refractivity contribution is -0.140. The smallest absolute Gasteiger partial charge is 0.419 e. The van der Waals surface area contributed by atoms with Gasteiger partial charge in [-0.05, 0) is 62.4 Å². The number of imidazole rings is 1. The van der Waals surface area contributed by atoms with Crippen LogP contribution in [0.25, 0.3) is 11.2 Å². The van der Waals surface area contributed by atoms with Gasteiger partial charge in [-0.2, -0.15) is 18.2 Å². The lowest BCUT2D eigenvalue weighted by Gasteiger charge is -2.32. The van der Waals surface area contributed by atoms with Crippen LogP contribution in [-0.4, -0.2) is 54.6 Å². The number of amidine groups is 1. The Bertz CT molecular complexity index is 1690. The van der Waals surface area contributed by atoms with Crippen LogP contribution in [0.3, 0.4) is 0 Å². The lowest BCUT2D eigenvalue weighted by Crippen LogP contribution is -2.33. The number of aromatic nitrogens is 5. The molecule has 0 spiro atoms. The Hall–Kier alpha value is -4.82. The summed E-state index contributed by atoms with van der Waals surface area (Å²) >= 11 is 0. The number of nitrogens with zero attached hydrogens (tertiary/aromatic N) is 6. The average molecular weight is 614 g/mol. The first-order chi connectivity index (χ1) is 20.8. The van der Waals surface area contributed by atoms with Gasteiger partial charge in [0.15, 0.2) is 23.1 Å². The second-order valence-corrected chi connectivity index (χ2v) is 10.8. The van der Waals surface area contributed by atoms with Gasteiger partial charge in [0, 0.05) is 19.3 Å². The fourth-order valence-corrected chi connectivity index (χ4v) is 5.16. The SMILES string of the molecule is CC(c1ccccn1)N(C)c1nc2nc(C(=N)NC(=O)O)nc(N[C@H](C)C3CCC3)c2n1Cc1ccc(C(F)(F)F)c(F)c1. The van der Waals surface area contributed by atoms with Crippen LogP contribution in [0.5, 0.6) is 0 Å². The van der Waals surface area contributed by atoms with E-state index in [4.69, 9.17) is 10.4 Å². The van der Waals surface area contributed by atoms with E-state index in [9.17, 15) is 27.5 Å². The van der Waals surface area contributed by atoms with E-state index in [1.165, 1.54) is 6.07 Å². The third-order valence-electron chi connectivity index (χ3n) is 7.95.